The Hall–Kier alpha value is -3.16. The van der Waals surface area contributed by atoms with Gasteiger partial charge in [-0.15, -0.1) is 0 Å². The highest BCUT2D eigenvalue weighted by Gasteiger charge is 2.13. The van der Waals surface area contributed by atoms with Gasteiger partial charge in [0.25, 0.3) is 0 Å². The number of nitriles is 1. The number of halogens is 1. The molecule has 0 aromatic heterocycles. The molecule has 0 heterocycles. The lowest BCUT2D eigenvalue weighted by Crippen LogP contribution is -2.02. The van der Waals surface area contributed by atoms with Gasteiger partial charge in [-0.2, -0.15) is 5.26 Å². The molecule has 0 fully saturated rings. The van der Waals surface area contributed by atoms with E-state index < -0.39 is 0 Å². The first-order valence-electron chi connectivity index (χ1n) is 8.76. The van der Waals surface area contributed by atoms with Gasteiger partial charge in [-0.3, -0.25) is 4.79 Å². The van der Waals surface area contributed by atoms with Gasteiger partial charge < -0.3 is 4.74 Å². The van der Waals surface area contributed by atoms with Gasteiger partial charge in [0.1, 0.15) is 24.0 Å². The molecule has 0 bridgehead atoms. The summed E-state index contributed by atoms with van der Waals surface area (Å²) < 4.78 is 6.94. The fourth-order valence-corrected chi connectivity index (χ4v) is 2.90. The van der Waals surface area contributed by atoms with Crippen molar-refractivity contribution in [1.82, 2.24) is 0 Å². The summed E-state index contributed by atoms with van der Waals surface area (Å²) in [5, 5.41) is 9.51. The van der Waals surface area contributed by atoms with Crippen molar-refractivity contribution in [1.29, 1.82) is 5.26 Å². The molecule has 3 aromatic rings. The lowest BCUT2D eigenvalue weighted by molar-refractivity contribution is 0.104. The Labute approximate surface area is 173 Å². The first-order valence-corrected chi connectivity index (χ1v) is 9.55. The van der Waals surface area contributed by atoms with Crippen LogP contribution in [0.1, 0.15) is 27.0 Å². The number of para-hydroxylation sites is 1. The van der Waals surface area contributed by atoms with E-state index in [1.54, 1.807) is 18.2 Å². The predicted octanol–water partition coefficient (Wildman–Crippen LogP) is 6.13. The number of carbonyl (C=O) groups excluding carboxylic acids is 1. The molecule has 3 aromatic carbocycles. The number of aryl methyl sites for hydroxylation is 1. The number of ether oxygens (including phenoxy) is 1. The van der Waals surface area contributed by atoms with Gasteiger partial charge in [-0.1, -0.05) is 76.1 Å². The van der Waals surface area contributed by atoms with Crippen LogP contribution in [-0.2, 0) is 6.61 Å². The van der Waals surface area contributed by atoms with E-state index in [0.717, 1.165) is 15.6 Å². The largest absolute Gasteiger partial charge is 0.488 e. The number of ketones is 1. The number of nitrogens with zero attached hydrogens (tertiary/aromatic N) is 1. The molecular formula is C24H18BrNO2. The van der Waals surface area contributed by atoms with E-state index >= 15 is 0 Å². The maximum Gasteiger partial charge on any atom is 0.203 e. The molecule has 28 heavy (non-hydrogen) atoms. The molecule has 0 spiro atoms. The summed E-state index contributed by atoms with van der Waals surface area (Å²) in [6, 6.07) is 24.4. The zero-order valence-corrected chi connectivity index (χ0v) is 16.9. The highest BCUT2D eigenvalue weighted by molar-refractivity contribution is 9.10. The molecule has 0 radical (unpaired) electrons. The second-order valence-corrected chi connectivity index (χ2v) is 7.23. The minimum Gasteiger partial charge on any atom is -0.488 e. The lowest BCUT2D eigenvalue weighted by atomic mass is 10.0. The molecule has 0 N–H and O–H groups in total. The zero-order valence-electron chi connectivity index (χ0n) is 15.4. The Bertz CT molecular complexity index is 1050. The molecule has 0 aliphatic rings. The monoisotopic (exact) mass is 431 g/mol. The van der Waals surface area contributed by atoms with E-state index in [0.29, 0.717) is 23.5 Å². The van der Waals surface area contributed by atoms with Crippen LogP contribution in [0.2, 0.25) is 0 Å². The number of hydrogen-bond acceptors (Lipinski definition) is 3. The van der Waals surface area contributed by atoms with Crippen LogP contribution < -0.4 is 4.74 Å². The standard InChI is InChI=1S/C24H18BrNO2/c1-17-6-10-19(11-7-17)24(27)21(15-26)14-20-4-2-3-5-23(20)28-16-18-8-12-22(25)13-9-18/h2-14H,16H2,1H3. The Kier molecular flexibility index (Phi) is 6.41. The maximum atomic E-state index is 12.7. The minimum atomic E-state index is -0.301. The lowest BCUT2D eigenvalue weighted by Gasteiger charge is -2.10. The van der Waals surface area contributed by atoms with Crippen molar-refractivity contribution in [3.8, 4) is 11.8 Å². The van der Waals surface area contributed by atoms with Crippen molar-refractivity contribution in [2.75, 3.05) is 0 Å². The predicted molar refractivity (Wildman–Crippen MR) is 114 cm³/mol. The summed E-state index contributed by atoms with van der Waals surface area (Å²) in [5.74, 6) is 0.320. The molecule has 138 valence electrons. The summed E-state index contributed by atoms with van der Waals surface area (Å²) in [4.78, 5) is 12.7. The van der Waals surface area contributed by atoms with E-state index in [9.17, 15) is 10.1 Å². The van der Waals surface area contributed by atoms with Gasteiger partial charge in [0.15, 0.2) is 0 Å². The third-order valence-corrected chi connectivity index (χ3v) is 4.73. The summed E-state index contributed by atoms with van der Waals surface area (Å²) in [7, 11) is 0. The Morgan fingerprint density at radius 2 is 1.71 bits per heavy atom. The summed E-state index contributed by atoms with van der Waals surface area (Å²) in [6.07, 6.45) is 1.58. The first kappa shape index (κ1) is 19.6. The van der Waals surface area contributed by atoms with Crippen molar-refractivity contribution < 1.29 is 9.53 Å². The number of hydrogen-bond donors (Lipinski definition) is 0. The van der Waals surface area contributed by atoms with E-state index in [1.807, 2.05) is 73.7 Å². The summed E-state index contributed by atoms with van der Waals surface area (Å²) in [5.41, 5.74) is 3.34. The number of rotatable bonds is 6. The molecule has 0 unspecified atom stereocenters. The highest BCUT2D eigenvalue weighted by atomic mass is 79.9. The molecule has 0 aliphatic carbocycles. The average Bonchev–Trinajstić information content (AvgIpc) is 2.72. The molecule has 0 saturated heterocycles. The Balaban J connectivity index is 1.83. The van der Waals surface area contributed by atoms with Crippen molar-refractivity contribution in [2.45, 2.75) is 13.5 Å². The average molecular weight is 432 g/mol. The molecule has 0 aliphatic heterocycles. The number of benzene rings is 3. The molecular weight excluding hydrogens is 414 g/mol. The Morgan fingerprint density at radius 3 is 2.39 bits per heavy atom. The van der Waals surface area contributed by atoms with Gasteiger partial charge in [0.05, 0.1) is 0 Å². The molecule has 3 nitrogen and oxygen atoms in total. The number of allylic oxidation sites excluding steroid dienone is 1. The fraction of sp³-hybridized carbons (Fsp3) is 0.0833. The van der Waals surface area contributed by atoms with Gasteiger partial charge in [-0.05, 0) is 36.8 Å². The van der Waals surface area contributed by atoms with Gasteiger partial charge in [0.2, 0.25) is 5.78 Å². The fourth-order valence-electron chi connectivity index (χ4n) is 2.64. The van der Waals surface area contributed by atoms with Gasteiger partial charge in [0, 0.05) is 15.6 Å². The number of carbonyl (C=O) groups is 1. The normalized spacial score (nSPS) is 11.0. The second kappa shape index (κ2) is 9.16. The summed E-state index contributed by atoms with van der Waals surface area (Å²) in [6.45, 7) is 2.35. The van der Waals surface area contributed by atoms with E-state index in [2.05, 4.69) is 15.9 Å². The van der Waals surface area contributed by atoms with E-state index in [4.69, 9.17) is 4.74 Å². The van der Waals surface area contributed by atoms with Crippen molar-refractivity contribution in [3.63, 3.8) is 0 Å². The summed E-state index contributed by atoms with van der Waals surface area (Å²) >= 11 is 3.41. The molecule has 0 saturated carbocycles. The minimum absolute atomic E-state index is 0.0727. The van der Waals surface area contributed by atoms with Crippen LogP contribution in [0.25, 0.3) is 6.08 Å². The highest BCUT2D eigenvalue weighted by Crippen LogP contribution is 2.23. The van der Waals surface area contributed by atoms with Gasteiger partial charge in [-0.25, -0.2) is 0 Å². The second-order valence-electron chi connectivity index (χ2n) is 6.32. The van der Waals surface area contributed by atoms with Crippen LogP contribution in [0.4, 0.5) is 0 Å². The smallest absolute Gasteiger partial charge is 0.203 e. The van der Waals surface area contributed by atoms with E-state index in [1.165, 1.54) is 0 Å². The third kappa shape index (κ3) is 4.97. The third-order valence-electron chi connectivity index (χ3n) is 4.21. The van der Waals surface area contributed by atoms with E-state index in [-0.39, 0.29) is 11.4 Å². The van der Waals surface area contributed by atoms with Crippen LogP contribution >= 0.6 is 15.9 Å². The zero-order chi connectivity index (χ0) is 19.9. The van der Waals surface area contributed by atoms with Crippen LogP contribution in [0, 0.1) is 18.3 Å². The van der Waals surface area contributed by atoms with Gasteiger partial charge >= 0.3 is 0 Å². The molecule has 0 atom stereocenters. The van der Waals surface area contributed by atoms with Crippen LogP contribution in [0.5, 0.6) is 5.75 Å². The van der Waals surface area contributed by atoms with Crippen LogP contribution in [0.15, 0.2) is 82.8 Å². The molecule has 3 rings (SSSR count). The first-order chi connectivity index (χ1) is 13.6. The topological polar surface area (TPSA) is 50.1 Å². The molecule has 0 amide bonds. The van der Waals surface area contributed by atoms with Crippen molar-refractivity contribution in [2.24, 2.45) is 0 Å². The van der Waals surface area contributed by atoms with Crippen molar-refractivity contribution >= 4 is 27.8 Å². The molecule has 4 heteroatoms. The maximum absolute atomic E-state index is 12.7. The SMILES string of the molecule is Cc1ccc(C(=O)C(C#N)=Cc2ccccc2OCc2ccc(Br)cc2)cc1. The van der Waals surface area contributed by atoms with Crippen LogP contribution in [-0.4, -0.2) is 5.78 Å². The van der Waals surface area contributed by atoms with Crippen molar-refractivity contribution in [3.05, 3.63) is 105 Å². The van der Waals surface area contributed by atoms with Crippen LogP contribution in [0.3, 0.4) is 0 Å². The Morgan fingerprint density at radius 1 is 1.04 bits per heavy atom. The quantitative estimate of drug-likeness (QED) is 0.268. The number of Topliss-reactive ketones (excluding diaryl/α,β-unsaturated/α-hetero) is 1.